The molecule has 0 saturated carbocycles. The van der Waals surface area contributed by atoms with Crippen molar-refractivity contribution in [1.29, 1.82) is 0 Å². The molecule has 1 N–H and O–H groups in total. The van der Waals surface area contributed by atoms with Gasteiger partial charge in [-0.25, -0.2) is 0 Å². The summed E-state index contributed by atoms with van der Waals surface area (Å²) in [6.07, 6.45) is 7.11. The Morgan fingerprint density at radius 1 is 1.33 bits per heavy atom. The van der Waals surface area contributed by atoms with Gasteiger partial charge in [-0.1, -0.05) is 0 Å². The second-order valence-corrected chi connectivity index (χ2v) is 3.65. The first-order valence-electron chi connectivity index (χ1n) is 4.98. The third-order valence-corrected chi connectivity index (χ3v) is 2.37. The highest BCUT2D eigenvalue weighted by atomic mass is 16.3. The summed E-state index contributed by atoms with van der Waals surface area (Å²) in [6.45, 7) is 2.58. The fourth-order valence-electron chi connectivity index (χ4n) is 1.50. The summed E-state index contributed by atoms with van der Waals surface area (Å²) in [7, 11) is 0. The second kappa shape index (κ2) is 4.28. The van der Waals surface area contributed by atoms with Crippen molar-refractivity contribution in [3.63, 3.8) is 0 Å². The first-order valence-corrected chi connectivity index (χ1v) is 4.98. The van der Waals surface area contributed by atoms with Gasteiger partial charge >= 0.3 is 0 Å². The van der Waals surface area contributed by atoms with Crippen molar-refractivity contribution in [2.24, 2.45) is 0 Å². The lowest BCUT2D eigenvalue weighted by Crippen LogP contribution is -1.96. The first-order chi connectivity index (χ1) is 7.25. The number of pyridine rings is 1. The van der Waals surface area contributed by atoms with Gasteiger partial charge in [0.15, 0.2) is 0 Å². The molecule has 3 nitrogen and oxygen atoms in total. The molecule has 1 unspecified atom stereocenters. The lowest BCUT2D eigenvalue weighted by atomic mass is 10.2. The van der Waals surface area contributed by atoms with Crippen molar-refractivity contribution in [3.8, 4) is 0 Å². The summed E-state index contributed by atoms with van der Waals surface area (Å²) in [6, 6.07) is 5.91. The van der Waals surface area contributed by atoms with E-state index in [-0.39, 0.29) is 0 Å². The molecule has 0 bridgehead atoms. The molecule has 0 aliphatic carbocycles. The van der Waals surface area contributed by atoms with Crippen LogP contribution in [0.5, 0.6) is 0 Å². The van der Waals surface area contributed by atoms with E-state index >= 15 is 0 Å². The lowest BCUT2D eigenvalue weighted by Gasteiger charge is -2.03. The van der Waals surface area contributed by atoms with E-state index in [4.69, 9.17) is 0 Å². The minimum Gasteiger partial charge on any atom is -0.389 e. The largest absolute Gasteiger partial charge is 0.389 e. The van der Waals surface area contributed by atoms with Crippen LogP contribution in [0.4, 0.5) is 0 Å². The third kappa shape index (κ3) is 2.44. The first kappa shape index (κ1) is 9.93. The molecule has 2 aromatic rings. The van der Waals surface area contributed by atoms with E-state index in [1.165, 1.54) is 5.56 Å². The molecule has 2 heterocycles. The number of rotatable bonds is 3. The molecule has 78 valence electrons. The quantitative estimate of drug-likeness (QED) is 0.826. The van der Waals surface area contributed by atoms with Gasteiger partial charge in [-0.05, 0) is 36.2 Å². The maximum absolute atomic E-state index is 9.38. The molecular weight excluding hydrogens is 188 g/mol. The Kier molecular flexibility index (Phi) is 2.83. The summed E-state index contributed by atoms with van der Waals surface area (Å²) >= 11 is 0. The van der Waals surface area contributed by atoms with E-state index in [1.807, 2.05) is 30.6 Å². The van der Waals surface area contributed by atoms with Gasteiger partial charge in [-0.15, -0.1) is 0 Å². The molecule has 0 amide bonds. The Balaban J connectivity index is 2.12. The Labute approximate surface area is 89.0 Å². The molecule has 0 fully saturated rings. The van der Waals surface area contributed by atoms with E-state index in [0.717, 1.165) is 12.1 Å². The Hall–Kier alpha value is -1.61. The Bertz CT molecular complexity index is 420. The molecule has 0 aliphatic rings. The molecule has 15 heavy (non-hydrogen) atoms. The molecule has 0 aromatic carbocycles. The highest BCUT2D eigenvalue weighted by Gasteiger charge is 2.02. The standard InChI is InChI=1S/C12H14N2O/c1-10(15)12-4-7-14(9-12)8-11-2-5-13-6-3-11/h2-7,9-10,15H,8H2,1H3. The second-order valence-electron chi connectivity index (χ2n) is 3.65. The topological polar surface area (TPSA) is 38.0 Å². The van der Waals surface area contributed by atoms with Crippen LogP contribution < -0.4 is 0 Å². The Morgan fingerprint density at radius 3 is 2.67 bits per heavy atom. The van der Waals surface area contributed by atoms with Gasteiger partial charge < -0.3 is 9.67 Å². The molecule has 3 heteroatoms. The summed E-state index contributed by atoms with van der Waals surface area (Å²) in [5.74, 6) is 0. The van der Waals surface area contributed by atoms with Crippen LogP contribution >= 0.6 is 0 Å². The number of aliphatic hydroxyl groups excluding tert-OH is 1. The average molecular weight is 202 g/mol. The number of nitrogens with zero attached hydrogens (tertiary/aromatic N) is 2. The number of aliphatic hydroxyl groups is 1. The molecule has 0 aliphatic heterocycles. The smallest absolute Gasteiger partial charge is 0.0776 e. The van der Waals surface area contributed by atoms with Gasteiger partial charge in [0, 0.05) is 31.3 Å². The molecule has 2 aromatic heterocycles. The fraction of sp³-hybridized carbons (Fsp3) is 0.250. The van der Waals surface area contributed by atoms with Gasteiger partial charge in [0.25, 0.3) is 0 Å². The van der Waals surface area contributed by atoms with Crippen molar-refractivity contribution in [2.75, 3.05) is 0 Å². The van der Waals surface area contributed by atoms with Crippen molar-refractivity contribution in [3.05, 3.63) is 54.1 Å². The highest BCUT2D eigenvalue weighted by molar-refractivity contribution is 5.16. The van der Waals surface area contributed by atoms with Gasteiger partial charge in [0.05, 0.1) is 6.10 Å². The fourth-order valence-corrected chi connectivity index (χ4v) is 1.50. The summed E-state index contributed by atoms with van der Waals surface area (Å²) in [5.41, 5.74) is 2.15. The molecule has 0 saturated heterocycles. The van der Waals surface area contributed by atoms with E-state index in [0.29, 0.717) is 0 Å². The SMILES string of the molecule is CC(O)c1ccn(Cc2ccncc2)c1. The van der Waals surface area contributed by atoms with Gasteiger partial charge in [0.1, 0.15) is 0 Å². The normalized spacial score (nSPS) is 12.7. The minimum absolute atomic E-state index is 0.399. The molecule has 0 radical (unpaired) electrons. The Morgan fingerprint density at radius 2 is 2.07 bits per heavy atom. The summed E-state index contributed by atoms with van der Waals surface area (Å²) < 4.78 is 2.05. The zero-order valence-electron chi connectivity index (χ0n) is 8.67. The van der Waals surface area contributed by atoms with Crippen molar-refractivity contribution >= 4 is 0 Å². The molecule has 2 rings (SSSR count). The molecule has 0 spiro atoms. The van der Waals surface area contributed by atoms with E-state index in [1.54, 1.807) is 19.3 Å². The van der Waals surface area contributed by atoms with Crippen molar-refractivity contribution in [1.82, 2.24) is 9.55 Å². The molecular formula is C12H14N2O. The van der Waals surface area contributed by atoms with Crippen LogP contribution in [0.2, 0.25) is 0 Å². The van der Waals surface area contributed by atoms with Crippen LogP contribution in [-0.4, -0.2) is 14.7 Å². The maximum Gasteiger partial charge on any atom is 0.0776 e. The van der Waals surface area contributed by atoms with E-state index in [2.05, 4.69) is 9.55 Å². The zero-order valence-corrected chi connectivity index (χ0v) is 8.67. The minimum atomic E-state index is -0.399. The monoisotopic (exact) mass is 202 g/mol. The zero-order chi connectivity index (χ0) is 10.7. The van der Waals surface area contributed by atoms with Crippen LogP contribution in [0.1, 0.15) is 24.2 Å². The number of hydrogen-bond donors (Lipinski definition) is 1. The maximum atomic E-state index is 9.38. The molecule has 1 atom stereocenters. The average Bonchev–Trinajstić information content (AvgIpc) is 2.68. The van der Waals surface area contributed by atoms with Crippen LogP contribution in [0.3, 0.4) is 0 Å². The van der Waals surface area contributed by atoms with Gasteiger partial charge in [-0.3, -0.25) is 4.98 Å². The van der Waals surface area contributed by atoms with Crippen LogP contribution in [0.15, 0.2) is 43.0 Å². The summed E-state index contributed by atoms with van der Waals surface area (Å²) in [5, 5.41) is 9.38. The number of hydrogen-bond acceptors (Lipinski definition) is 2. The predicted molar refractivity (Wildman–Crippen MR) is 58.4 cm³/mol. The van der Waals surface area contributed by atoms with Crippen LogP contribution in [0, 0.1) is 0 Å². The third-order valence-electron chi connectivity index (χ3n) is 2.37. The number of aromatic nitrogens is 2. The lowest BCUT2D eigenvalue weighted by molar-refractivity contribution is 0.199. The van der Waals surface area contributed by atoms with Gasteiger partial charge in [0.2, 0.25) is 0 Å². The van der Waals surface area contributed by atoms with E-state index in [9.17, 15) is 5.11 Å². The van der Waals surface area contributed by atoms with Gasteiger partial charge in [-0.2, -0.15) is 0 Å². The van der Waals surface area contributed by atoms with Crippen molar-refractivity contribution < 1.29 is 5.11 Å². The highest BCUT2D eigenvalue weighted by Crippen LogP contribution is 2.12. The van der Waals surface area contributed by atoms with Crippen molar-refractivity contribution in [2.45, 2.75) is 19.6 Å². The van der Waals surface area contributed by atoms with Crippen LogP contribution in [0.25, 0.3) is 0 Å². The predicted octanol–water partition coefficient (Wildman–Crippen LogP) is 1.98. The summed E-state index contributed by atoms with van der Waals surface area (Å²) in [4.78, 5) is 3.97. The van der Waals surface area contributed by atoms with Crippen LogP contribution in [-0.2, 0) is 6.54 Å². The van der Waals surface area contributed by atoms with E-state index < -0.39 is 6.10 Å².